The fourth-order valence-electron chi connectivity index (χ4n) is 3.16. The predicted octanol–water partition coefficient (Wildman–Crippen LogP) is 3.60. The Kier molecular flexibility index (Phi) is 6.68. The number of aliphatic carboxylic acids is 1. The summed E-state index contributed by atoms with van der Waals surface area (Å²) in [6, 6.07) is 19.4. The van der Waals surface area contributed by atoms with Gasteiger partial charge < -0.3 is 10.4 Å². The molecule has 2 N–H and O–H groups in total. The number of hydrogen-bond donors (Lipinski definition) is 2. The number of rotatable bonds is 8. The third-order valence-corrected chi connectivity index (χ3v) is 4.78. The summed E-state index contributed by atoms with van der Waals surface area (Å²) in [6.07, 6.45) is 3.71. The maximum Gasteiger partial charge on any atom is 0.306 e. The highest BCUT2D eigenvalue weighted by Crippen LogP contribution is 2.20. The summed E-state index contributed by atoms with van der Waals surface area (Å²) in [4.78, 5) is 23.8. The molecule has 0 bridgehead atoms. The van der Waals surface area contributed by atoms with Gasteiger partial charge in [-0.05, 0) is 35.6 Å². The van der Waals surface area contributed by atoms with E-state index in [4.69, 9.17) is 0 Å². The van der Waals surface area contributed by atoms with Crippen LogP contribution in [-0.2, 0) is 11.2 Å². The van der Waals surface area contributed by atoms with Crippen molar-refractivity contribution in [3.8, 4) is 11.1 Å². The summed E-state index contributed by atoms with van der Waals surface area (Å²) in [5, 5.41) is 19.6. The molecule has 2 atom stereocenters. The minimum atomic E-state index is -0.880. The van der Waals surface area contributed by atoms with E-state index in [-0.39, 0.29) is 11.9 Å². The first-order valence-electron chi connectivity index (χ1n) is 9.47. The second kappa shape index (κ2) is 9.59. The number of aromatic nitrogens is 2. The SMILES string of the molecule is CC(CC(Cc1ccc(-c2ccccc2)cc1)NC(=O)c1ccnnc1)C(=O)O. The molecule has 6 heteroatoms. The first kappa shape index (κ1) is 20.2. The zero-order valence-electron chi connectivity index (χ0n) is 16.2. The standard InChI is InChI=1S/C23H23N3O3/c1-16(23(28)29)13-21(26-22(27)20-11-12-24-25-15-20)14-17-7-9-19(10-8-17)18-5-3-2-4-6-18/h2-12,15-16,21H,13-14H2,1H3,(H,26,27)(H,28,29). The Labute approximate surface area is 169 Å². The van der Waals surface area contributed by atoms with E-state index in [9.17, 15) is 14.7 Å². The molecule has 148 valence electrons. The maximum atomic E-state index is 12.5. The van der Waals surface area contributed by atoms with Gasteiger partial charge in [0, 0.05) is 6.04 Å². The van der Waals surface area contributed by atoms with E-state index < -0.39 is 11.9 Å². The van der Waals surface area contributed by atoms with Crippen molar-refractivity contribution in [2.75, 3.05) is 0 Å². The lowest BCUT2D eigenvalue weighted by molar-refractivity contribution is -0.141. The van der Waals surface area contributed by atoms with Crippen LogP contribution in [0, 0.1) is 5.92 Å². The molecule has 1 amide bonds. The zero-order valence-corrected chi connectivity index (χ0v) is 16.2. The number of nitrogens with zero attached hydrogens (tertiary/aromatic N) is 2. The Morgan fingerprint density at radius 3 is 2.28 bits per heavy atom. The molecule has 0 aliphatic carbocycles. The number of carbonyl (C=O) groups excluding carboxylic acids is 1. The fraction of sp³-hybridized carbons (Fsp3) is 0.217. The van der Waals surface area contributed by atoms with E-state index in [1.54, 1.807) is 13.0 Å². The van der Waals surface area contributed by atoms with Gasteiger partial charge in [0.2, 0.25) is 0 Å². The number of hydrogen-bond acceptors (Lipinski definition) is 4. The molecule has 0 saturated heterocycles. The number of amides is 1. The molecule has 29 heavy (non-hydrogen) atoms. The number of carboxylic acids is 1. The molecule has 2 aromatic carbocycles. The average Bonchev–Trinajstić information content (AvgIpc) is 2.75. The summed E-state index contributed by atoms with van der Waals surface area (Å²) in [6.45, 7) is 1.65. The van der Waals surface area contributed by atoms with Crippen LogP contribution in [0.4, 0.5) is 0 Å². The van der Waals surface area contributed by atoms with Gasteiger partial charge in [0.15, 0.2) is 0 Å². The normalized spacial score (nSPS) is 12.7. The van der Waals surface area contributed by atoms with E-state index in [1.165, 1.54) is 12.4 Å². The van der Waals surface area contributed by atoms with Crippen molar-refractivity contribution in [3.05, 3.63) is 84.2 Å². The van der Waals surface area contributed by atoms with Crippen molar-refractivity contribution in [1.82, 2.24) is 15.5 Å². The molecule has 0 spiro atoms. The van der Waals surface area contributed by atoms with Crippen LogP contribution in [0.15, 0.2) is 73.1 Å². The van der Waals surface area contributed by atoms with Gasteiger partial charge in [0.25, 0.3) is 5.91 Å². The third-order valence-electron chi connectivity index (χ3n) is 4.78. The highest BCUT2D eigenvalue weighted by atomic mass is 16.4. The maximum absolute atomic E-state index is 12.5. The van der Waals surface area contributed by atoms with Crippen LogP contribution in [0.1, 0.15) is 29.3 Å². The summed E-state index contributed by atoms with van der Waals surface area (Å²) < 4.78 is 0. The summed E-state index contributed by atoms with van der Waals surface area (Å²) >= 11 is 0. The first-order valence-corrected chi connectivity index (χ1v) is 9.47. The highest BCUT2D eigenvalue weighted by molar-refractivity contribution is 5.94. The average molecular weight is 389 g/mol. The molecule has 0 radical (unpaired) electrons. The lowest BCUT2D eigenvalue weighted by Crippen LogP contribution is -2.38. The smallest absolute Gasteiger partial charge is 0.306 e. The molecule has 0 aliphatic heterocycles. The van der Waals surface area contributed by atoms with E-state index in [0.29, 0.717) is 18.4 Å². The van der Waals surface area contributed by atoms with Crippen molar-refractivity contribution < 1.29 is 14.7 Å². The quantitative estimate of drug-likeness (QED) is 0.614. The highest BCUT2D eigenvalue weighted by Gasteiger charge is 2.21. The minimum absolute atomic E-state index is 0.289. The molecule has 0 fully saturated rings. The van der Waals surface area contributed by atoms with Crippen LogP contribution in [0.2, 0.25) is 0 Å². The third kappa shape index (κ3) is 5.72. The van der Waals surface area contributed by atoms with Crippen LogP contribution in [0.25, 0.3) is 11.1 Å². The van der Waals surface area contributed by atoms with E-state index in [1.807, 2.05) is 42.5 Å². The van der Waals surface area contributed by atoms with Gasteiger partial charge in [-0.25, -0.2) is 0 Å². The summed E-state index contributed by atoms with van der Waals surface area (Å²) in [5.74, 6) is -1.74. The van der Waals surface area contributed by atoms with E-state index in [0.717, 1.165) is 16.7 Å². The topological polar surface area (TPSA) is 92.2 Å². The summed E-state index contributed by atoms with van der Waals surface area (Å²) in [5.41, 5.74) is 3.66. The molecule has 2 unspecified atom stereocenters. The molecular formula is C23H23N3O3. The fourth-order valence-corrected chi connectivity index (χ4v) is 3.16. The molecule has 3 rings (SSSR count). The lowest BCUT2D eigenvalue weighted by Gasteiger charge is -2.21. The Bertz CT molecular complexity index is 944. The Morgan fingerprint density at radius 1 is 0.966 bits per heavy atom. The van der Waals surface area contributed by atoms with Crippen LogP contribution in [-0.4, -0.2) is 33.2 Å². The first-order chi connectivity index (χ1) is 14.0. The zero-order chi connectivity index (χ0) is 20.6. The number of carbonyl (C=O) groups is 2. The summed E-state index contributed by atoms with van der Waals surface area (Å²) in [7, 11) is 0. The van der Waals surface area contributed by atoms with Gasteiger partial charge in [-0.15, -0.1) is 0 Å². The van der Waals surface area contributed by atoms with Gasteiger partial charge in [-0.1, -0.05) is 61.5 Å². The van der Waals surface area contributed by atoms with Crippen molar-refractivity contribution in [2.24, 2.45) is 5.92 Å². The van der Waals surface area contributed by atoms with Gasteiger partial charge in [0.1, 0.15) is 0 Å². The van der Waals surface area contributed by atoms with Gasteiger partial charge in [-0.3, -0.25) is 9.59 Å². The van der Waals surface area contributed by atoms with Gasteiger partial charge in [0.05, 0.1) is 23.9 Å². The Balaban J connectivity index is 1.73. The van der Waals surface area contributed by atoms with Gasteiger partial charge in [-0.2, -0.15) is 10.2 Å². The van der Waals surface area contributed by atoms with Crippen LogP contribution >= 0.6 is 0 Å². The lowest BCUT2D eigenvalue weighted by atomic mass is 9.94. The molecule has 0 aliphatic rings. The predicted molar refractivity (Wildman–Crippen MR) is 110 cm³/mol. The van der Waals surface area contributed by atoms with Crippen LogP contribution in [0.5, 0.6) is 0 Å². The number of benzene rings is 2. The van der Waals surface area contributed by atoms with Crippen molar-refractivity contribution in [2.45, 2.75) is 25.8 Å². The van der Waals surface area contributed by atoms with E-state index >= 15 is 0 Å². The van der Waals surface area contributed by atoms with Crippen molar-refractivity contribution in [3.63, 3.8) is 0 Å². The molecule has 1 heterocycles. The van der Waals surface area contributed by atoms with E-state index in [2.05, 4.69) is 27.6 Å². The Morgan fingerprint density at radius 2 is 1.66 bits per heavy atom. The molecule has 1 aromatic heterocycles. The minimum Gasteiger partial charge on any atom is -0.481 e. The largest absolute Gasteiger partial charge is 0.481 e. The van der Waals surface area contributed by atoms with Gasteiger partial charge >= 0.3 is 5.97 Å². The van der Waals surface area contributed by atoms with Crippen LogP contribution in [0.3, 0.4) is 0 Å². The second-order valence-electron chi connectivity index (χ2n) is 7.04. The molecular weight excluding hydrogens is 366 g/mol. The molecule has 0 saturated carbocycles. The Hall–Kier alpha value is -3.54. The number of nitrogens with one attached hydrogen (secondary N) is 1. The number of carboxylic acid groups (broad SMARTS) is 1. The monoisotopic (exact) mass is 389 g/mol. The molecule has 6 nitrogen and oxygen atoms in total. The van der Waals surface area contributed by atoms with Crippen molar-refractivity contribution >= 4 is 11.9 Å². The molecule has 3 aromatic rings. The van der Waals surface area contributed by atoms with Crippen molar-refractivity contribution in [1.29, 1.82) is 0 Å². The van der Waals surface area contributed by atoms with Crippen LogP contribution < -0.4 is 5.32 Å². The second-order valence-corrected chi connectivity index (χ2v) is 7.04.